The van der Waals surface area contributed by atoms with E-state index in [0.717, 1.165) is 16.9 Å². The second-order valence-electron chi connectivity index (χ2n) is 15.7. The second kappa shape index (κ2) is 27.0. The Morgan fingerprint density at radius 3 is 1.52 bits per heavy atom. The fraction of sp³-hybridized carbons (Fsp3) is 0.417. The van der Waals surface area contributed by atoms with Crippen molar-refractivity contribution in [3.05, 3.63) is 119 Å². The Bertz CT molecular complexity index is 2620. The molecule has 16 nitrogen and oxygen atoms in total. The Kier molecular flexibility index (Phi) is 21.6. The zero-order valence-electron chi connectivity index (χ0n) is 39.2. The first kappa shape index (κ1) is 55.2. The Morgan fingerprint density at radius 1 is 0.652 bits per heavy atom. The number of nitrogens with one attached hydrogen (secondary N) is 1. The number of amides is 2. The number of rotatable bonds is 15. The van der Waals surface area contributed by atoms with Gasteiger partial charge < -0.3 is 34.4 Å². The lowest BCUT2D eigenvalue weighted by atomic mass is 10.1. The molecule has 21 heteroatoms. The van der Waals surface area contributed by atoms with Gasteiger partial charge in [0.15, 0.2) is 0 Å². The van der Waals surface area contributed by atoms with Gasteiger partial charge in [0, 0.05) is 75.3 Å². The van der Waals surface area contributed by atoms with E-state index in [1.807, 2.05) is 23.1 Å². The Morgan fingerprint density at radius 2 is 1.10 bits per heavy atom. The first-order valence-electron chi connectivity index (χ1n) is 22.5. The van der Waals surface area contributed by atoms with E-state index in [1.165, 1.54) is 28.6 Å². The molecule has 0 unspecified atom stereocenters. The highest BCUT2D eigenvalue weighted by molar-refractivity contribution is 8.13. The third-order valence-electron chi connectivity index (χ3n) is 10.7. The maximum Gasteiger partial charge on any atom is 0.409 e. The van der Waals surface area contributed by atoms with Gasteiger partial charge in [-0.2, -0.15) is 10.5 Å². The minimum absolute atomic E-state index is 0.0328. The fourth-order valence-electron chi connectivity index (χ4n) is 7.27. The molecule has 4 aromatic carbocycles. The van der Waals surface area contributed by atoms with Gasteiger partial charge in [-0.15, -0.1) is 0 Å². The molecule has 0 aromatic heterocycles. The molecular weight excluding hydrogens is 954 g/mol. The Labute approximate surface area is 409 Å². The predicted octanol–water partition coefficient (Wildman–Crippen LogP) is 8.28. The van der Waals surface area contributed by atoms with Gasteiger partial charge in [-0.1, -0.05) is 38.1 Å². The van der Waals surface area contributed by atoms with E-state index < -0.39 is 24.9 Å². The van der Waals surface area contributed by atoms with Crippen LogP contribution in [0.3, 0.4) is 0 Å². The molecule has 2 amide bonds. The maximum atomic E-state index is 13.3. The van der Waals surface area contributed by atoms with E-state index in [-0.39, 0.29) is 36.1 Å². The van der Waals surface area contributed by atoms with Gasteiger partial charge in [0.2, 0.25) is 19.1 Å². The summed E-state index contributed by atoms with van der Waals surface area (Å²) < 4.78 is 83.8. The number of halogens is 3. The number of hydrogen-bond donors (Lipinski definition) is 1. The van der Waals surface area contributed by atoms with Crippen molar-refractivity contribution in [1.29, 1.82) is 10.5 Å². The summed E-state index contributed by atoms with van der Waals surface area (Å²) in [5, 5.41) is 22.6. The van der Waals surface area contributed by atoms with Crippen LogP contribution >= 0.6 is 10.7 Å². The zero-order valence-corrected chi connectivity index (χ0v) is 41.6. The topological polar surface area (TPSA) is 197 Å². The molecule has 1 N–H and O–H groups in total. The standard InChI is InChI=1S/C24H29FN4O4S.C21H23FN4O2.C3H7ClO2S/c1-3-15-34(31,32)29(18-19-5-7-21(25)8-6-19)22-9-10-23(20(16-22)17-26)27-11-13-28(14-12-27)24(30)33-4-2;1-2-28-21(27)26-11-9-25(10-12-26)20-8-7-19(13-17(20)14-23)24-15-16-3-5-18(22)6-4-16;1-2-3-7(4,5)6/h5-10,16H,3-4,11-15,18H2,1-2H3;3-8,13,24H,2,9-12,15H2,1H3;2-3H2,1H3. The van der Waals surface area contributed by atoms with Crippen molar-refractivity contribution in [3.63, 3.8) is 0 Å². The van der Waals surface area contributed by atoms with Crippen LogP contribution in [0.15, 0.2) is 84.9 Å². The van der Waals surface area contributed by atoms with E-state index in [0.29, 0.717) is 113 Å². The first-order chi connectivity index (χ1) is 32.9. The number of benzene rings is 4. The normalized spacial score (nSPS) is 13.6. The van der Waals surface area contributed by atoms with Crippen molar-refractivity contribution in [2.24, 2.45) is 0 Å². The molecule has 0 bridgehead atoms. The van der Waals surface area contributed by atoms with Gasteiger partial charge in [-0.25, -0.2) is 35.2 Å². The molecule has 4 aromatic rings. The van der Waals surface area contributed by atoms with Crippen molar-refractivity contribution in [2.45, 2.75) is 53.6 Å². The number of carbonyl (C=O) groups excluding carboxylic acids is 2. The van der Waals surface area contributed by atoms with Crippen LogP contribution in [0.5, 0.6) is 0 Å². The quantitative estimate of drug-likeness (QED) is 0.112. The van der Waals surface area contributed by atoms with E-state index in [4.69, 9.17) is 20.2 Å². The molecule has 0 spiro atoms. The van der Waals surface area contributed by atoms with E-state index in [1.54, 1.807) is 80.0 Å². The van der Waals surface area contributed by atoms with Crippen LogP contribution < -0.4 is 19.4 Å². The molecule has 2 aliphatic rings. The van der Waals surface area contributed by atoms with Gasteiger partial charge in [-0.3, -0.25) is 4.31 Å². The Balaban J connectivity index is 0.000000267. The monoisotopic (exact) mass is 1010 g/mol. The predicted molar refractivity (Wildman–Crippen MR) is 264 cm³/mol. The Hall–Kier alpha value is -6.35. The largest absolute Gasteiger partial charge is 0.450 e. The summed E-state index contributed by atoms with van der Waals surface area (Å²) in [6, 6.07) is 27.1. The summed E-state index contributed by atoms with van der Waals surface area (Å²) in [6.07, 6.45) is 0.390. The highest BCUT2D eigenvalue weighted by atomic mass is 35.7. The molecule has 69 heavy (non-hydrogen) atoms. The van der Waals surface area contributed by atoms with Crippen molar-refractivity contribution < 1.29 is 44.7 Å². The van der Waals surface area contributed by atoms with Crippen LogP contribution in [0.1, 0.15) is 62.8 Å². The molecule has 0 atom stereocenters. The summed E-state index contributed by atoms with van der Waals surface area (Å²) >= 11 is 0. The summed E-state index contributed by atoms with van der Waals surface area (Å²) in [5.41, 5.74) is 5.27. The highest BCUT2D eigenvalue weighted by Crippen LogP contribution is 2.30. The zero-order chi connectivity index (χ0) is 50.6. The molecule has 2 heterocycles. The SMILES string of the molecule is CCCS(=O)(=O)Cl.CCCS(=O)(=O)N(Cc1ccc(F)cc1)c1ccc(N2CCN(C(=O)OCC)CC2)c(C#N)c1.CCOC(=O)N1CCN(c2ccc(NCc3ccc(F)cc3)cc2C#N)CC1. The number of anilines is 4. The van der Waals surface area contributed by atoms with Crippen molar-refractivity contribution in [2.75, 3.05) is 96.5 Å². The number of hydrogen-bond acceptors (Lipinski definition) is 13. The van der Waals surface area contributed by atoms with Crippen molar-refractivity contribution in [3.8, 4) is 12.1 Å². The molecule has 2 fully saturated rings. The van der Waals surface area contributed by atoms with E-state index in [9.17, 15) is 45.7 Å². The highest BCUT2D eigenvalue weighted by Gasteiger charge is 2.27. The van der Waals surface area contributed by atoms with Crippen LogP contribution in [0.2, 0.25) is 0 Å². The number of sulfonamides is 1. The summed E-state index contributed by atoms with van der Waals surface area (Å²) in [7, 11) is -2.06. The lowest BCUT2D eigenvalue weighted by molar-refractivity contribution is 0.104. The van der Waals surface area contributed by atoms with Crippen molar-refractivity contribution in [1.82, 2.24) is 9.80 Å². The molecule has 0 aliphatic carbocycles. The van der Waals surface area contributed by atoms with Gasteiger partial charge in [0.05, 0.1) is 59.5 Å². The average molecular weight is 1010 g/mol. The van der Waals surface area contributed by atoms with Crippen LogP contribution in [-0.2, 0) is 41.6 Å². The molecule has 2 saturated heterocycles. The van der Waals surface area contributed by atoms with Crippen LogP contribution in [-0.4, -0.2) is 116 Å². The average Bonchev–Trinajstić information content (AvgIpc) is 3.33. The first-order valence-corrected chi connectivity index (χ1v) is 26.6. The fourth-order valence-corrected chi connectivity index (χ4v) is 9.74. The molecule has 2 aliphatic heterocycles. The van der Waals surface area contributed by atoms with Crippen LogP contribution in [0, 0.1) is 34.3 Å². The number of ether oxygens (including phenoxy) is 2. The van der Waals surface area contributed by atoms with Gasteiger partial charge >= 0.3 is 12.2 Å². The third-order valence-corrected chi connectivity index (χ3v) is 14.0. The smallest absolute Gasteiger partial charge is 0.409 e. The summed E-state index contributed by atoms with van der Waals surface area (Å²) in [5.74, 6) is -0.629. The van der Waals surface area contributed by atoms with Gasteiger partial charge in [0.25, 0.3) is 0 Å². The van der Waals surface area contributed by atoms with Gasteiger partial charge in [0.1, 0.15) is 23.8 Å². The molecule has 0 radical (unpaired) electrons. The van der Waals surface area contributed by atoms with E-state index >= 15 is 0 Å². The molecule has 0 saturated carbocycles. The van der Waals surface area contributed by atoms with Crippen LogP contribution in [0.25, 0.3) is 0 Å². The summed E-state index contributed by atoms with van der Waals surface area (Å²) in [6.45, 7) is 12.8. The van der Waals surface area contributed by atoms with Gasteiger partial charge in [-0.05, 0) is 98.5 Å². The number of nitrogens with zero attached hydrogens (tertiary/aromatic N) is 7. The minimum atomic E-state index is -3.66. The molecule has 6 rings (SSSR count). The molecule has 372 valence electrons. The summed E-state index contributed by atoms with van der Waals surface area (Å²) in [4.78, 5) is 31.2. The number of piperazine rings is 2. The molecular formula is C48H59ClF2N8O8S2. The third kappa shape index (κ3) is 17.3. The minimum Gasteiger partial charge on any atom is -0.450 e. The lowest BCUT2D eigenvalue weighted by Crippen LogP contribution is -2.49. The van der Waals surface area contributed by atoms with Crippen LogP contribution in [0.4, 0.5) is 41.1 Å². The lowest BCUT2D eigenvalue weighted by Gasteiger charge is -2.36. The second-order valence-corrected chi connectivity index (χ2v) is 20.6. The van der Waals surface area contributed by atoms with Crippen molar-refractivity contribution >= 4 is 64.7 Å². The number of carbonyl (C=O) groups is 2. The number of nitriles is 2. The maximum absolute atomic E-state index is 13.3. The van der Waals surface area contributed by atoms with E-state index in [2.05, 4.69) is 22.4 Å².